The molecule has 0 spiro atoms. The minimum Gasteiger partial charge on any atom is -0.314 e. The first kappa shape index (κ1) is 17.9. The summed E-state index contributed by atoms with van der Waals surface area (Å²) < 4.78 is 0.976. The highest BCUT2D eigenvalue weighted by Gasteiger charge is 2.44. The van der Waals surface area contributed by atoms with E-state index in [0.717, 1.165) is 41.4 Å². The molecular weight excluding hydrogens is 380 g/mol. The molecule has 0 aliphatic carbocycles. The van der Waals surface area contributed by atoms with Gasteiger partial charge in [-0.15, -0.1) is 0 Å². The third-order valence-electron chi connectivity index (χ3n) is 4.62. The second-order valence-corrected chi connectivity index (χ2v) is 7.35. The Morgan fingerprint density at radius 1 is 0.920 bits per heavy atom. The lowest BCUT2D eigenvalue weighted by Crippen LogP contribution is -2.28. The summed E-state index contributed by atoms with van der Waals surface area (Å²) in [5.74, 6) is -0.0950. The van der Waals surface area contributed by atoms with Gasteiger partial charge in [0, 0.05) is 23.8 Å². The van der Waals surface area contributed by atoms with E-state index < -0.39 is 0 Å². The van der Waals surface area contributed by atoms with Gasteiger partial charge in [0.25, 0.3) is 11.8 Å². The van der Waals surface area contributed by atoms with Gasteiger partial charge in [-0.2, -0.15) is 0 Å². The quantitative estimate of drug-likeness (QED) is 0.680. The smallest absolute Gasteiger partial charge is 0.260 e. The van der Waals surface area contributed by atoms with Crippen LogP contribution < -0.4 is 0 Å². The van der Waals surface area contributed by atoms with Crippen LogP contribution in [0.3, 0.4) is 0 Å². The summed E-state index contributed by atoms with van der Waals surface area (Å²) in [6.07, 6.45) is 5.62. The van der Waals surface area contributed by atoms with Crippen LogP contribution >= 0.6 is 15.9 Å². The minimum absolute atomic E-state index is 0.0475. The molecule has 0 atom stereocenters. The topological polar surface area (TPSA) is 40.6 Å². The number of halogens is 1. The van der Waals surface area contributed by atoms with Gasteiger partial charge >= 0.3 is 0 Å². The number of carbonyl (C=O) groups excluding carboxylic acids is 2. The fraction of sp³-hybridized carbons (Fsp3) is 0.400. The predicted molar refractivity (Wildman–Crippen MR) is 102 cm³/mol. The number of unbranched alkanes of at least 4 members (excludes halogenated alkanes) is 2. The van der Waals surface area contributed by atoms with E-state index in [2.05, 4.69) is 29.8 Å². The first-order chi connectivity index (χ1) is 12.1. The molecule has 2 aliphatic heterocycles. The Labute approximate surface area is 157 Å². The van der Waals surface area contributed by atoms with Crippen molar-refractivity contribution in [3.05, 3.63) is 51.6 Å². The molecule has 1 aromatic carbocycles. The van der Waals surface area contributed by atoms with E-state index in [9.17, 15) is 9.59 Å². The third-order valence-corrected chi connectivity index (χ3v) is 5.15. The summed E-state index contributed by atoms with van der Waals surface area (Å²) in [6.45, 7) is 5.51. The highest BCUT2D eigenvalue weighted by Crippen LogP contribution is 2.40. The molecule has 0 N–H and O–H groups in total. The summed E-state index contributed by atoms with van der Waals surface area (Å²) >= 11 is 3.45. The van der Waals surface area contributed by atoms with Crippen LogP contribution in [0.4, 0.5) is 0 Å². The number of nitrogens with zero attached hydrogens (tertiary/aromatic N) is 2. The van der Waals surface area contributed by atoms with Crippen LogP contribution in [0.2, 0.25) is 0 Å². The summed E-state index contributed by atoms with van der Waals surface area (Å²) in [5, 5.41) is 0. The predicted octanol–water partition coefficient (Wildman–Crippen LogP) is 4.33. The zero-order valence-corrected chi connectivity index (χ0v) is 16.3. The lowest BCUT2D eigenvalue weighted by Gasteiger charge is -2.22. The molecule has 0 bridgehead atoms. The van der Waals surface area contributed by atoms with E-state index in [-0.39, 0.29) is 11.8 Å². The Morgan fingerprint density at radius 3 is 2.20 bits per heavy atom. The van der Waals surface area contributed by atoms with Gasteiger partial charge in [0.05, 0.1) is 16.8 Å². The molecule has 0 saturated heterocycles. The van der Waals surface area contributed by atoms with Crippen molar-refractivity contribution in [2.45, 2.75) is 39.5 Å². The Morgan fingerprint density at radius 2 is 1.56 bits per heavy atom. The number of carbonyl (C=O) groups is 2. The summed E-state index contributed by atoms with van der Waals surface area (Å²) in [7, 11) is 0. The monoisotopic (exact) mass is 402 g/mol. The van der Waals surface area contributed by atoms with Crippen molar-refractivity contribution in [1.29, 1.82) is 0 Å². The van der Waals surface area contributed by atoms with Crippen molar-refractivity contribution in [2.24, 2.45) is 0 Å². The van der Waals surface area contributed by atoms with Crippen molar-refractivity contribution in [3.63, 3.8) is 0 Å². The van der Waals surface area contributed by atoms with Crippen molar-refractivity contribution >= 4 is 33.4 Å². The van der Waals surface area contributed by atoms with Crippen molar-refractivity contribution in [2.75, 3.05) is 13.1 Å². The van der Waals surface area contributed by atoms with Crippen LogP contribution in [0.15, 0.2) is 46.1 Å². The second kappa shape index (κ2) is 7.56. The van der Waals surface area contributed by atoms with Crippen LogP contribution in [0.5, 0.6) is 0 Å². The zero-order chi connectivity index (χ0) is 18.0. The summed E-state index contributed by atoms with van der Waals surface area (Å²) in [4.78, 5) is 29.3. The molecule has 2 heterocycles. The largest absolute Gasteiger partial charge is 0.314 e. The van der Waals surface area contributed by atoms with Gasteiger partial charge in [0.2, 0.25) is 0 Å². The normalized spacial score (nSPS) is 16.8. The van der Waals surface area contributed by atoms with Gasteiger partial charge in [-0.1, -0.05) is 54.8 Å². The maximum atomic E-state index is 12.9. The van der Waals surface area contributed by atoms with E-state index in [0.29, 0.717) is 24.2 Å². The molecule has 25 heavy (non-hydrogen) atoms. The number of amides is 2. The summed E-state index contributed by atoms with van der Waals surface area (Å²) in [5.41, 5.74) is 2.80. The number of hydrogen-bond donors (Lipinski definition) is 0. The average Bonchev–Trinajstić information content (AvgIpc) is 3.07. The molecular formula is C20H23BrN2O2. The number of fused-ring (bicyclic) bond motifs is 1. The molecule has 132 valence electrons. The maximum Gasteiger partial charge on any atom is 0.260 e. The SMILES string of the molecule is CCCCN1C=C2C(=O)N(CCCC)C(c3ccc(Br)cc3)=C2C1=O. The molecule has 0 radical (unpaired) electrons. The second-order valence-electron chi connectivity index (χ2n) is 6.44. The molecule has 4 nitrogen and oxygen atoms in total. The lowest BCUT2D eigenvalue weighted by atomic mass is 10.0. The van der Waals surface area contributed by atoms with Gasteiger partial charge < -0.3 is 9.80 Å². The van der Waals surface area contributed by atoms with Gasteiger partial charge in [-0.05, 0) is 30.5 Å². The fourth-order valence-electron chi connectivity index (χ4n) is 3.24. The molecule has 2 amide bonds. The molecule has 2 aliphatic rings. The van der Waals surface area contributed by atoms with Crippen LogP contribution in [0.1, 0.15) is 45.1 Å². The first-order valence-electron chi connectivity index (χ1n) is 8.93. The van der Waals surface area contributed by atoms with Crippen molar-refractivity contribution in [1.82, 2.24) is 9.80 Å². The molecule has 0 fully saturated rings. The van der Waals surface area contributed by atoms with Crippen molar-refractivity contribution in [3.8, 4) is 0 Å². The van der Waals surface area contributed by atoms with E-state index in [4.69, 9.17) is 0 Å². The van der Waals surface area contributed by atoms with Gasteiger partial charge in [0.15, 0.2) is 0 Å². The molecule has 5 heteroatoms. The van der Waals surface area contributed by atoms with Crippen LogP contribution in [0.25, 0.3) is 5.70 Å². The molecule has 0 aromatic heterocycles. The minimum atomic E-state index is -0.0475. The average molecular weight is 403 g/mol. The van der Waals surface area contributed by atoms with Crippen LogP contribution in [-0.4, -0.2) is 34.7 Å². The van der Waals surface area contributed by atoms with Gasteiger partial charge in [-0.3, -0.25) is 9.59 Å². The highest BCUT2D eigenvalue weighted by atomic mass is 79.9. The molecule has 0 saturated carbocycles. The third kappa shape index (κ3) is 3.30. The highest BCUT2D eigenvalue weighted by molar-refractivity contribution is 9.10. The Bertz CT molecular complexity index is 749. The van der Waals surface area contributed by atoms with Crippen LogP contribution in [-0.2, 0) is 9.59 Å². The van der Waals surface area contributed by atoms with Crippen molar-refractivity contribution < 1.29 is 9.59 Å². The van der Waals surface area contributed by atoms with Gasteiger partial charge in [0.1, 0.15) is 0 Å². The molecule has 1 aromatic rings. The van der Waals surface area contributed by atoms with E-state index >= 15 is 0 Å². The number of rotatable bonds is 7. The van der Waals surface area contributed by atoms with E-state index in [1.165, 1.54) is 0 Å². The van der Waals surface area contributed by atoms with Crippen LogP contribution in [0, 0.1) is 0 Å². The molecule has 0 unspecified atom stereocenters. The molecule has 3 rings (SSSR count). The zero-order valence-electron chi connectivity index (χ0n) is 14.7. The Balaban J connectivity index is 2.04. The standard InChI is InChI=1S/C20H23BrN2O2/c1-3-5-11-22-13-16-17(20(22)25)18(14-7-9-15(21)10-8-14)23(19(16)24)12-6-4-2/h7-10,13H,3-6,11-12H2,1-2H3. The van der Waals surface area contributed by atoms with E-state index in [1.54, 1.807) is 16.0 Å². The van der Waals surface area contributed by atoms with Gasteiger partial charge in [-0.25, -0.2) is 0 Å². The maximum absolute atomic E-state index is 12.9. The lowest BCUT2D eigenvalue weighted by molar-refractivity contribution is -0.124. The Hall–Kier alpha value is -1.88. The first-order valence-corrected chi connectivity index (χ1v) is 9.73. The fourth-order valence-corrected chi connectivity index (χ4v) is 3.51. The number of benzene rings is 1. The van der Waals surface area contributed by atoms with E-state index in [1.807, 2.05) is 24.3 Å². The number of hydrogen-bond acceptors (Lipinski definition) is 2. The summed E-state index contributed by atoms with van der Waals surface area (Å²) in [6, 6.07) is 7.82. The Kier molecular flexibility index (Phi) is 5.42.